The maximum Gasteiger partial charge on any atom is 0.346 e. The molecule has 4 aromatic rings. The Morgan fingerprint density at radius 2 is 1.97 bits per heavy atom. The van der Waals surface area contributed by atoms with Crippen LogP contribution in [0.1, 0.15) is 37.9 Å². The van der Waals surface area contributed by atoms with Crippen LogP contribution in [-0.4, -0.2) is 44.8 Å². The summed E-state index contributed by atoms with van der Waals surface area (Å²) in [7, 11) is 1.52. The number of hydrogen-bond acceptors (Lipinski definition) is 6. The summed E-state index contributed by atoms with van der Waals surface area (Å²) >= 11 is 0. The number of hydroxylamine groups is 2. The van der Waals surface area contributed by atoms with E-state index in [0.717, 1.165) is 34.1 Å². The zero-order valence-electron chi connectivity index (χ0n) is 19.3. The van der Waals surface area contributed by atoms with Crippen LogP contribution in [0, 0.1) is 0 Å². The molecule has 1 aliphatic rings. The Hall–Kier alpha value is -3.98. The molecule has 0 saturated carbocycles. The molecule has 174 valence electrons. The number of ether oxygens (including phenoxy) is 1. The van der Waals surface area contributed by atoms with Gasteiger partial charge in [-0.3, -0.25) is 4.84 Å². The van der Waals surface area contributed by atoms with Gasteiger partial charge in [-0.25, -0.2) is 14.5 Å². The van der Waals surface area contributed by atoms with Crippen molar-refractivity contribution in [2.24, 2.45) is 0 Å². The molecule has 1 N–H and O–H groups in total. The average Bonchev–Trinajstić information content (AvgIpc) is 3.52. The van der Waals surface area contributed by atoms with E-state index in [1.165, 1.54) is 12.2 Å². The Bertz CT molecular complexity index is 1320. The molecule has 5 rings (SSSR count). The first kappa shape index (κ1) is 21.8. The summed E-state index contributed by atoms with van der Waals surface area (Å²) < 4.78 is 7.29. The van der Waals surface area contributed by atoms with Gasteiger partial charge in [0, 0.05) is 24.2 Å². The van der Waals surface area contributed by atoms with Crippen LogP contribution in [0.3, 0.4) is 0 Å². The quantitative estimate of drug-likeness (QED) is 0.453. The number of anilines is 1. The van der Waals surface area contributed by atoms with Crippen LogP contribution in [0.25, 0.3) is 22.2 Å². The lowest BCUT2D eigenvalue weighted by atomic mass is 10.1. The topological polar surface area (TPSA) is 94.4 Å². The smallest absolute Gasteiger partial charge is 0.346 e. The van der Waals surface area contributed by atoms with E-state index in [1.807, 2.05) is 59.3 Å². The predicted octanol–water partition coefficient (Wildman–Crippen LogP) is 4.99. The van der Waals surface area contributed by atoms with Crippen molar-refractivity contribution < 1.29 is 14.4 Å². The molecule has 0 spiro atoms. The van der Waals surface area contributed by atoms with Crippen LogP contribution in [-0.2, 0) is 4.84 Å². The highest BCUT2D eigenvalue weighted by molar-refractivity contribution is 5.92. The average molecular weight is 459 g/mol. The van der Waals surface area contributed by atoms with E-state index in [1.54, 1.807) is 6.20 Å². The zero-order valence-corrected chi connectivity index (χ0v) is 19.3. The second-order valence-electron chi connectivity index (χ2n) is 8.42. The van der Waals surface area contributed by atoms with Gasteiger partial charge in [0.25, 0.3) is 0 Å². The number of rotatable bonds is 5. The molecule has 2 aromatic heterocycles. The van der Waals surface area contributed by atoms with E-state index >= 15 is 0 Å². The van der Waals surface area contributed by atoms with Gasteiger partial charge in [-0.2, -0.15) is 5.06 Å². The summed E-state index contributed by atoms with van der Waals surface area (Å²) in [5, 5.41) is 12.8. The minimum Gasteiger partial charge on any atom is -0.480 e. The van der Waals surface area contributed by atoms with Gasteiger partial charge < -0.3 is 10.1 Å². The molecule has 34 heavy (non-hydrogen) atoms. The van der Waals surface area contributed by atoms with E-state index in [9.17, 15) is 4.79 Å². The predicted molar refractivity (Wildman–Crippen MR) is 128 cm³/mol. The van der Waals surface area contributed by atoms with Gasteiger partial charge in [-0.1, -0.05) is 41.6 Å². The fraction of sp³-hybridized carbons (Fsp3) is 0.280. The van der Waals surface area contributed by atoms with E-state index in [4.69, 9.17) is 9.57 Å². The van der Waals surface area contributed by atoms with Crippen molar-refractivity contribution >= 4 is 22.8 Å². The van der Waals surface area contributed by atoms with Gasteiger partial charge in [0.1, 0.15) is 11.2 Å². The van der Waals surface area contributed by atoms with Crippen molar-refractivity contribution in [3.63, 3.8) is 0 Å². The minimum absolute atomic E-state index is 0.158. The first-order valence-corrected chi connectivity index (χ1v) is 11.2. The number of methoxy groups -OCH3 is 1. The van der Waals surface area contributed by atoms with Gasteiger partial charge in [0.2, 0.25) is 5.88 Å². The molecular weight excluding hydrogens is 432 g/mol. The number of amides is 2. The van der Waals surface area contributed by atoms with Crippen molar-refractivity contribution in [2.75, 3.05) is 19.0 Å². The highest BCUT2D eigenvalue weighted by Gasteiger charge is 2.32. The number of benzene rings is 2. The number of nitrogens with one attached hydrogen (secondary N) is 1. The number of nitrogens with zero attached hydrogens (tertiary/aromatic N) is 5. The Morgan fingerprint density at radius 1 is 1.15 bits per heavy atom. The Balaban J connectivity index is 1.44. The summed E-state index contributed by atoms with van der Waals surface area (Å²) in [6.07, 6.45) is 2.45. The van der Waals surface area contributed by atoms with Crippen LogP contribution in [0.4, 0.5) is 10.5 Å². The number of carbonyl (C=O) groups is 1. The molecule has 3 heterocycles. The van der Waals surface area contributed by atoms with Crippen molar-refractivity contribution in [1.29, 1.82) is 0 Å². The molecule has 1 atom stereocenters. The van der Waals surface area contributed by atoms with Gasteiger partial charge in [0.05, 0.1) is 25.3 Å². The van der Waals surface area contributed by atoms with Gasteiger partial charge in [0.15, 0.2) is 0 Å². The van der Waals surface area contributed by atoms with E-state index in [2.05, 4.69) is 34.5 Å². The van der Waals surface area contributed by atoms with Crippen molar-refractivity contribution in [3.05, 3.63) is 66.4 Å². The highest BCUT2D eigenvalue weighted by atomic mass is 16.7. The Morgan fingerprint density at radius 3 is 2.74 bits per heavy atom. The van der Waals surface area contributed by atoms with Crippen molar-refractivity contribution in [3.8, 4) is 17.0 Å². The van der Waals surface area contributed by atoms with Gasteiger partial charge >= 0.3 is 6.03 Å². The molecule has 2 amide bonds. The molecule has 1 aliphatic heterocycles. The first-order chi connectivity index (χ1) is 16.5. The standard InChI is InChI=1S/C25H26N6O3/c1-16(2)30-23-14-18(9-10-20(23)28-29-30)19-13-21(24(33-3)26-15-19)27-25(32)31-22(11-12-34-31)17-7-5-4-6-8-17/h4-10,13-16,22H,11-12H2,1-3H3,(H,27,32)/t22-/m0/s1. The lowest BCUT2D eigenvalue weighted by Gasteiger charge is -2.23. The molecule has 9 nitrogen and oxygen atoms in total. The van der Waals surface area contributed by atoms with Crippen LogP contribution in [0.5, 0.6) is 5.88 Å². The second kappa shape index (κ2) is 9.11. The molecule has 0 unspecified atom stereocenters. The number of hydrogen-bond donors (Lipinski definition) is 1. The third-order valence-electron chi connectivity index (χ3n) is 5.87. The maximum atomic E-state index is 13.2. The van der Waals surface area contributed by atoms with Gasteiger partial charge in [-0.15, -0.1) is 5.10 Å². The second-order valence-corrected chi connectivity index (χ2v) is 8.42. The Kier molecular flexibility index (Phi) is 5.85. The fourth-order valence-electron chi connectivity index (χ4n) is 4.18. The molecule has 0 bridgehead atoms. The summed E-state index contributed by atoms with van der Waals surface area (Å²) in [5.74, 6) is 0.322. The van der Waals surface area contributed by atoms with Crippen LogP contribution < -0.4 is 10.1 Å². The van der Waals surface area contributed by atoms with Crippen LogP contribution in [0.2, 0.25) is 0 Å². The number of fused-ring (bicyclic) bond motifs is 1. The lowest BCUT2D eigenvalue weighted by molar-refractivity contribution is -0.0830. The summed E-state index contributed by atoms with van der Waals surface area (Å²) in [6.45, 7) is 4.60. The Labute approximate surface area is 197 Å². The van der Waals surface area contributed by atoms with E-state index in [0.29, 0.717) is 18.2 Å². The fourth-order valence-corrected chi connectivity index (χ4v) is 4.18. The van der Waals surface area contributed by atoms with Crippen LogP contribution in [0.15, 0.2) is 60.8 Å². The summed E-state index contributed by atoms with van der Waals surface area (Å²) in [4.78, 5) is 23.2. The van der Waals surface area contributed by atoms with E-state index < -0.39 is 0 Å². The van der Waals surface area contributed by atoms with Gasteiger partial charge in [-0.05, 0) is 43.2 Å². The third kappa shape index (κ3) is 4.06. The SMILES string of the molecule is COc1ncc(-c2ccc3nnn(C(C)C)c3c2)cc1NC(=O)N1OCC[C@H]1c1ccccc1. The number of urea groups is 1. The molecular formula is C25H26N6O3. The third-order valence-corrected chi connectivity index (χ3v) is 5.87. The largest absolute Gasteiger partial charge is 0.480 e. The molecule has 0 aliphatic carbocycles. The first-order valence-electron chi connectivity index (χ1n) is 11.2. The molecule has 1 fully saturated rings. The van der Waals surface area contributed by atoms with Crippen molar-refractivity contribution in [2.45, 2.75) is 32.4 Å². The summed E-state index contributed by atoms with van der Waals surface area (Å²) in [5.41, 5.74) is 5.01. The maximum absolute atomic E-state index is 13.2. The molecule has 0 radical (unpaired) electrons. The number of carbonyl (C=O) groups excluding carboxylic acids is 1. The normalized spacial score (nSPS) is 15.8. The van der Waals surface area contributed by atoms with E-state index in [-0.39, 0.29) is 18.1 Å². The molecule has 9 heteroatoms. The molecule has 2 aromatic carbocycles. The number of aromatic nitrogens is 4. The lowest BCUT2D eigenvalue weighted by Crippen LogP contribution is -2.33. The number of pyridine rings is 1. The van der Waals surface area contributed by atoms with Crippen LogP contribution >= 0.6 is 0 Å². The zero-order chi connectivity index (χ0) is 23.7. The monoisotopic (exact) mass is 458 g/mol. The minimum atomic E-state index is -0.374. The molecule has 1 saturated heterocycles. The van der Waals surface area contributed by atoms with Crippen molar-refractivity contribution in [1.82, 2.24) is 25.0 Å². The summed E-state index contributed by atoms with van der Waals surface area (Å²) in [6, 6.07) is 17.3. The highest BCUT2D eigenvalue weighted by Crippen LogP contribution is 2.33.